The topological polar surface area (TPSA) is 112 Å². The maximum absolute atomic E-state index is 12.7. The summed E-state index contributed by atoms with van der Waals surface area (Å²) in [6, 6.07) is 12.7. The predicted molar refractivity (Wildman–Crippen MR) is 120 cm³/mol. The van der Waals surface area contributed by atoms with E-state index < -0.39 is 11.8 Å². The second-order valence-corrected chi connectivity index (χ2v) is 7.57. The van der Waals surface area contributed by atoms with Crippen LogP contribution in [0.1, 0.15) is 43.7 Å². The first-order chi connectivity index (χ1) is 15.9. The minimum absolute atomic E-state index is 0.0976. The fourth-order valence-corrected chi connectivity index (χ4v) is 3.24. The van der Waals surface area contributed by atoms with E-state index in [0.29, 0.717) is 11.5 Å². The van der Waals surface area contributed by atoms with Crippen molar-refractivity contribution < 1.29 is 23.2 Å². The van der Waals surface area contributed by atoms with E-state index in [1.807, 2.05) is 32.0 Å². The van der Waals surface area contributed by atoms with Gasteiger partial charge >= 0.3 is 0 Å². The average molecular weight is 448 g/mol. The lowest BCUT2D eigenvalue weighted by Gasteiger charge is -2.09. The molecule has 0 aliphatic carbocycles. The van der Waals surface area contributed by atoms with Gasteiger partial charge in [-0.1, -0.05) is 12.1 Å². The number of aryl methyl sites for hydroxylation is 3. The Balaban J connectivity index is 1.39. The highest BCUT2D eigenvalue weighted by molar-refractivity contribution is 6.07. The van der Waals surface area contributed by atoms with Crippen LogP contribution in [-0.2, 0) is 20.2 Å². The van der Waals surface area contributed by atoms with Gasteiger partial charge < -0.3 is 24.2 Å². The number of benzene rings is 1. The first-order valence-electron chi connectivity index (χ1n) is 10.3. The quantitative estimate of drug-likeness (QED) is 0.422. The van der Waals surface area contributed by atoms with Gasteiger partial charge in [0, 0.05) is 7.05 Å². The predicted octanol–water partition coefficient (Wildman–Crippen LogP) is 3.98. The van der Waals surface area contributed by atoms with Crippen molar-refractivity contribution in [2.45, 2.75) is 27.0 Å². The molecule has 0 radical (unpaired) electrons. The molecule has 0 aliphatic heterocycles. The van der Waals surface area contributed by atoms with Gasteiger partial charge in [0.25, 0.3) is 11.8 Å². The Hall–Kier alpha value is -4.27. The third-order valence-corrected chi connectivity index (χ3v) is 5.00. The van der Waals surface area contributed by atoms with Crippen LogP contribution in [0.2, 0.25) is 0 Å². The van der Waals surface area contributed by atoms with Crippen LogP contribution in [0.4, 0.5) is 5.69 Å². The molecule has 0 saturated heterocycles. The number of carbonyl (C=O) groups is 2. The molecule has 3 aromatic heterocycles. The minimum atomic E-state index is -0.499. The molecule has 9 heteroatoms. The van der Waals surface area contributed by atoms with E-state index in [2.05, 4.69) is 15.7 Å². The largest absolute Gasteiger partial charge is 0.485 e. The van der Waals surface area contributed by atoms with Crippen molar-refractivity contribution >= 4 is 17.5 Å². The van der Waals surface area contributed by atoms with Crippen LogP contribution in [0, 0.1) is 13.8 Å². The maximum Gasteiger partial charge on any atom is 0.291 e. The second-order valence-electron chi connectivity index (χ2n) is 7.57. The standard InChI is InChI=1S/C24H24N4O5/c1-15-6-7-16(2)21(11-15)32-14-18-8-9-20(33-18)23(29)27-19-13-26-28(3)22(19)24(30)25-12-17-5-4-10-31-17/h4-11,13H,12,14H2,1-3H3,(H,25,30)(H,27,29). The van der Waals surface area contributed by atoms with Gasteiger partial charge in [-0.3, -0.25) is 14.3 Å². The zero-order valence-corrected chi connectivity index (χ0v) is 18.5. The van der Waals surface area contributed by atoms with Gasteiger partial charge in [0.05, 0.1) is 24.7 Å². The molecule has 9 nitrogen and oxygen atoms in total. The first kappa shape index (κ1) is 21.9. The number of furan rings is 2. The molecule has 1 aromatic carbocycles. The summed E-state index contributed by atoms with van der Waals surface area (Å²) >= 11 is 0. The van der Waals surface area contributed by atoms with Crippen LogP contribution in [0.25, 0.3) is 0 Å². The molecule has 3 heterocycles. The SMILES string of the molecule is Cc1ccc(C)c(OCc2ccc(C(=O)Nc3cnn(C)c3C(=O)NCc3ccco3)o2)c1. The number of nitrogens with one attached hydrogen (secondary N) is 2. The Bertz CT molecular complexity index is 1270. The molecule has 0 bridgehead atoms. The number of anilines is 1. The third-order valence-electron chi connectivity index (χ3n) is 5.00. The number of rotatable bonds is 8. The highest BCUT2D eigenvalue weighted by Gasteiger charge is 2.21. The number of hydrogen-bond donors (Lipinski definition) is 2. The molecule has 4 aromatic rings. The lowest BCUT2D eigenvalue weighted by Crippen LogP contribution is -2.26. The summed E-state index contributed by atoms with van der Waals surface area (Å²) in [5.74, 6) is 1.08. The summed E-state index contributed by atoms with van der Waals surface area (Å²) in [6.07, 6.45) is 2.94. The molecular weight excluding hydrogens is 424 g/mol. The highest BCUT2D eigenvalue weighted by Crippen LogP contribution is 2.22. The molecule has 170 valence electrons. The van der Waals surface area contributed by atoms with E-state index in [1.165, 1.54) is 17.1 Å². The summed E-state index contributed by atoms with van der Waals surface area (Å²) in [4.78, 5) is 25.3. The van der Waals surface area contributed by atoms with Crippen LogP contribution >= 0.6 is 0 Å². The Kier molecular flexibility index (Phi) is 6.30. The van der Waals surface area contributed by atoms with Gasteiger partial charge in [-0.15, -0.1) is 0 Å². The van der Waals surface area contributed by atoms with Gasteiger partial charge in [-0.2, -0.15) is 5.10 Å². The maximum atomic E-state index is 12.7. The Morgan fingerprint density at radius 1 is 1.09 bits per heavy atom. The van der Waals surface area contributed by atoms with Gasteiger partial charge in [-0.05, 0) is 55.3 Å². The fraction of sp³-hybridized carbons (Fsp3) is 0.208. The molecule has 0 fully saturated rings. The zero-order chi connectivity index (χ0) is 23.4. The van der Waals surface area contributed by atoms with Crippen molar-refractivity contribution in [3.05, 3.63) is 89.0 Å². The third kappa shape index (κ3) is 5.15. The number of ether oxygens (including phenoxy) is 1. The molecule has 2 N–H and O–H groups in total. The van der Waals surface area contributed by atoms with Crippen LogP contribution in [0.3, 0.4) is 0 Å². The van der Waals surface area contributed by atoms with Gasteiger partial charge in [0.15, 0.2) is 5.76 Å². The molecule has 0 unspecified atom stereocenters. The summed E-state index contributed by atoms with van der Waals surface area (Å²) in [5, 5.41) is 9.51. The van der Waals surface area contributed by atoms with E-state index in [0.717, 1.165) is 16.9 Å². The van der Waals surface area contributed by atoms with Crippen LogP contribution < -0.4 is 15.4 Å². The average Bonchev–Trinajstić information content (AvgIpc) is 3.54. The Labute approximate surface area is 190 Å². The van der Waals surface area contributed by atoms with E-state index in [1.54, 1.807) is 31.3 Å². The number of aromatic nitrogens is 2. The molecular formula is C24H24N4O5. The van der Waals surface area contributed by atoms with Crippen LogP contribution in [0.5, 0.6) is 5.75 Å². The molecule has 0 spiro atoms. The molecule has 33 heavy (non-hydrogen) atoms. The summed E-state index contributed by atoms with van der Waals surface area (Å²) in [5.41, 5.74) is 2.58. The first-order valence-corrected chi connectivity index (χ1v) is 10.3. The van der Waals surface area contributed by atoms with Crippen molar-refractivity contribution in [3.63, 3.8) is 0 Å². The van der Waals surface area contributed by atoms with Gasteiger partial charge in [0.2, 0.25) is 0 Å². The van der Waals surface area contributed by atoms with Crippen molar-refractivity contribution in [1.82, 2.24) is 15.1 Å². The van der Waals surface area contributed by atoms with Crippen molar-refractivity contribution in [2.24, 2.45) is 7.05 Å². The van der Waals surface area contributed by atoms with E-state index in [-0.39, 0.29) is 30.3 Å². The molecule has 2 amide bonds. The summed E-state index contributed by atoms with van der Waals surface area (Å²) in [6.45, 7) is 4.36. The van der Waals surface area contributed by atoms with Gasteiger partial charge in [0.1, 0.15) is 29.6 Å². The lowest BCUT2D eigenvalue weighted by molar-refractivity contribution is 0.0939. The van der Waals surface area contributed by atoms with Crippen LogP contribution in [0.15, 0.2) is 63.8 Å². The normalized spacial score (nSPS) is 10.8. The van der Waals surface area contributed by atoms with E-state index >= 15 is 0 Å². The monoisotopic (exact) mass is 448 g/mol. The van der Waals surface area contributed by atoms with Crippen molar-refractivity contribution in [1.29, 1.82) is 0 Å². The van der Waals surface area contributed by atoms with Crippen LogP contribution in [-0.4, -0.2) is 21.6 Å². The zero-order valence-electron chi connectivity index (χ0n) is 18.5. The summed E-state index contributed by atoms with van der Waals surface area (Å²) < 4.78 is 18.1. The number of hydrogen-bond acceptors (Lipinski definition) is 6. The minimum Gasteiger partial charge on any atom is -0.485 e. The molecule has 0 saturated carbocycles. The fourth-order valence-electron chi connectivity index (χ4n) is 3.24. The number of nitrogens with zero attached hydrogens (tertiary/aromatic N) is 2. The molecule has 4 rings (SSSR count). The Morgan fingerprint density at radius 3 is 2.73 bits per heavy atom. The highest BCUT2D eigenvalue weighted by atomic mass is 16.5. The lowest BCUT2D eigenvalue weighted by atomic mass is 10.1. The number of amides is 2. The Morgan fingerprint density at radius 2 is 1.94 bits per heavy atom. The molecule has 0 atom stereocenters. The van der Waals surface area contributed by atoms with Crippen molar-refractivity contribution in [2.75, 3.05) is 5.32 Å². The molecule has 0 aliphatic rings. The number of carbonyl (C=O) groups excluding carboxylic acids is 2. The smallest absolute Gasteiger partial charge is 0.291 e. The van der Waals surface area contributed by atoms with Gasteiger partial charge in [-0.25, -0.2) is 0 Å². The summed E-state index contributed by atoms with van der Waals surface area (Å²) in [7, 11) is 1.62. The van der Waals surface area contributed by atoms with Crippen molar-refractivity contribution in [3.8, 4) is 5.75 Å². The van der Waals surface area contributed by atoms with E-state index in [9.17, 15) is 9.59 Å². The second kappa shape index (κ2) is 9.47. The van der Waals surface area contributed by atoms with E-state index in [4.69, 9.17) is 13.6 Å².